The van der Waals surface area contributed by atoms with Crippen LogP contribution < -0.4 is 10.1 Å². The minimum Gasteiger partial charge on any atom is -0.497 e. The molecule has 0 aromatic heterocycles. The van der Waals surface area contributed by atoms with Gasteiger partial charge in [0, 0.05) is 13.6 Å². The van der Waals surface area contributed by atoms with E-state index in [1.54, 1.807) is 14.2 Å². The third-order valence-electron chi connectivity index (χ3n) is 5.80. The van der Waals surface area contributed by atoms with Crippen LogP contribution in [0, 0.1) is 5.92 Å². The van der Waals surface area contributed by atoms with Crippen LogP contribution in [-0.2, 0) is 16.1 Å². The Balaban J connectivity index is 1.64. The lowest BCUT2D eigenvalue weighted by molar-refractivity contribution is -0.140. The summed E-state index contributed by atoms with van der Waals surface area (Å²) >= 11 is 0. The van der Waals surface area contributed by atoms with Crippen LogP contribution in [-0.4, -0.2) is 53.9 Å². The Morgan fingerprint density at radius 1 is 1.30 bits per heavy atom. The predicted molar refractivity (Wildman–Crippen MR) is 100 cm³/mol. The van der Waals surface area contributed by atoms with Crippen LogP contribution in [0.3, 0.4) is 0 Å². The second-order valence-electron chi connectivity index (χ2n) is 7.54. The second-order valence-corrected chi connectivity index (χ2v) is 7.54. The van der Waals surface area contributed by atoms with Gasteiger partial charge < -0.3 is 15.0 Å². The molecule has 7 nitrogen and oxygen atoms in total. The minimum atomic E-state index is -0.829. The van der Waals surface area contributed by atoms with E-state index in [2.05, 4.69) is 5.32 Å². The lowest BCUT2D eigenvalue weighted by Gasteiger charge is -2.36. The van der Waals surface area contributed by atoms with Crippen molar-refractivity contribution in [3.63, 3.8) is 0 Å². The fourth-order valence-electron chi connectivity index (χ4n) is 3.99. The Morgan fingerprint density at radius 3 is 2.63 bits per heavy atom. The van der Waals surface area contributed by atoms with E-state index in [4.69, 9.17) is 4.74 Å². The number of hydrogen-bond donors (Lipinski definition) is 1. The average molecular weight is 373 g/mol. The summed E-state index contributed by atoms with van der Waals surface area (Å²) in [6.07, 6.45) is 3.53. The number of urea groups is 1. The van der Waals surface area contributed by atoms with Gasteiger partial charge in [0.15, 0.2) is 0 Å². The molecule has 2 atom stereocenters. The first kappa shape index (κ1) is 19.2. The van der Waals surface area contributed by atoms with Gasteiger partial charge in [-0.15, -0.1) is 0 Å². The van der Waals surface area contributed by atoms with Crippen molar-refractivity contribution in [3.05, 3.63) is 29.8 Å². The van der Waals surface area contributed by atoms with Crippen molar-refractivity contribution in [2.45, 2.75) is 44.7 Å². The molecule has 27 heavy (non-hydrogen) atoms. The highest BCUT2D eigenvalue weighted by Crippen LogP contribution is 2.38. The molecule has 1 aliphatic heterocycles. The summed E-state index contributed by atoms with van der Waals surface area (Å²) in [5.74, 6) is 0.305. The molecule has 1 aromatic rings. The topological polar surface area (TPSA) is 79.0 Å². The van der Waals surface area contributed by atoms with Crippen molar-refractivity contribution < 1.29 is 19.1 Å². The molecular formula is C20H27N3O4. The Kier molecular flexibility index (Phi) is 5.39. The van der Waals surface area contributed by atoms with Crippen LogP contribution in [0.15, 0.2) is 24.3 Å². The van der Waals surface area contributed by atoms with Gasteiger partial charge >= 0.3 is 6.03 Å². The predicted octanol–water partition coefficient (Wildman–Crippen LogP) is 2.15. The third-order valence-corrected chi connectivity index (χ3v) is 5.80. The number of amides is 4. The molecule has 1 saturated carbocycles. The van der Waals surface area contributed by atoms with Crippen LogP contribution in [0.4, 0.5) is 4.79 Å². The number of nitrogens with one attached hydrogen (secondary N) is 1. The summed E-state index contributed by atoms with van der Waals surface area (Å²) in [5.41, 5.74) is 0.116. The van der Waals surface area contributed by atoms with Crippen LogP contribution in [0.1, 0.15) is 38.2 Å². The van der Waals surface area contributed by atoms with Crippen molar-refractivity contribution in [1.29, 1.82) is 0 Å². The van der Waals surface area contributed by atoms with E-state index in [1.165, 1.54) is 4.90 Å². The molecule has 7 heteroatoms. The number of nitrogens with zero attached hydrogens (tertiary/aromatic N) is 2. The van der Waals surface area contributed by atoms with Gasteiger partial charge in [0.2, 0.25) is 5.91 Å². The normalized spacial score (nSPS) is 24.9. The molecule has 2 unspecified atom stereocenters. The average Bonchev–Trinajstić information content (AvgIpc) is 2.89. The highest BCUT2D eigenvalue weighted by atomic mass is 16.5. The number of rotatable bonds is 5. The maximum atomic E-state index is 12.9. The fraction of sp³-hybridized carbons (Fsp3) is 0.550. The van der Waals surface area contributed by atoms with Crippen molar-refractivity contribution in [2.75, 3.05) is 20.7 Å². The van der Waals surface area contributed by atoms with Gasteiger partial charge in [-0.1, -0.05) is 31.9 Å². The van der Waals surface area contributed by atoms with Gasteiger partial charge in [-0.25, -0.2) is 4.79 Å². The molecule has 146 valence electrons. The molecule has 1 aromatic carbocycles. The van der Waals surface area contributed by atoms with Crippen LogP contribution in [0.2, 0.25) is 0 Å². The zero-order valence-corrected chi connectivity index (χ0v) is 16.2. The molecule has 3 rings (SSSR count). The van der Waals surface area contributed by atoms with E-state index in [1.807, 2.05) is 31.2 Å². The first-order valence-corrected chi connectivity index (χ1v) is 9.38. The first-order valence-electron chi connectivity index (χ1n) is 9.38. The Labute approximate surface area is 159 Å². The highest BCUT2D eigenvalue weighted by Gasteiger charge is 2.55. The van der Waals surface area contributed by atoms with Gasteiger partial charge in [-0.05, 0) is 36.5 Å². The molecule has 2 aliphatic rings. The summed E-state index contributed by atoms with van der Waals surface area (Å²) in [4.78, 5) is 40.5. The zero-order chi connectivity index (χ0) is 19.6. The van der Waals surface area contributed by atoms with E-state index in [9.17, 15) is 14.4 Å². The summed E-state index contributed by atoms with van der Waals surface area (Å²) < 4.78 is 5.13. The molecule has 1 saturated heterocycles. The number of likely N-dealkylation sites (N-methyl/N-ethyl adjacent to an activating group) is 1. The Bertz CT molecular complexity index is 733. The smallest absolute Gasteiger partial charge is 0.325 e. The third kappa shape index (κ3) is 3.63. The fourth-order valence-corrected chi connectivity index (χ4v) is 3.99. The summed E-state index contributed by atoms with van der Waals surface area (Å²) in [5, 5.41) is 2.88. The number of ether oxygens (including phenoxy) is 1. The maximum Gasteiger partial charge on any atom is 0.325 e. The van der Waals surface area contributed by atoms with Gasteiger partial charge in [-0.2, -0.15) is 0 Å². The van der Waals surface area contributed by atoms with Gasteiger partial charge in [0.25, 0.3) is 5.91 Å². The SMILES string of the molecule is COc1ccc(CN(C)C(=O)CN2C(=O)NC3(CCCCC3C)C2=O)cc1. The monoisotopic (exact) mass is 373 g/mol. The molecule has 0 radical (unpaired) electrons. The lowest BCUT2D eigenvalue weighted by atomic mass is 9.73. The zero-order valence-electron chi connectivity index (χ0n) is 16.2. The molecule has 0 bridgehead atoms. The van der Waals surface area contributed by atoms with Gasteiger partial charge in [0.1, 0.15) is 17.8 Å². The molecule has 4 amide bonds. The van der Waals surface area contributed by atoms with Crippen molar-refractivity contribution in [2.24, 2.45) is 5.92 Å². The Hall–Kier alpha value is -2.57. The van der Waals surface area contributed by atoms with E-state index in [0.29, 0.717) is 13.0 Å². The molecule has 1 N–H and O–H groups in total. The number of hydrogen-bond acceptors (Lipinski definition) is 4. The van der Waals surface area contributed by atoms with E-state index >= 15 is 0 Å². The molecule has 1 spiro atoms. The molecular weight excluding hydrogens is 346 g/mol. The largest absolute Gasteiger partial charge is 0.497 e. The van der Waals surface area contributed by atoms with Crippen LogP contribution >= 0.6 is 0 Å². The van der Waals surface area contributed by atoms with Crippen LogP contribution in [0.25, 0.3) is 0 Å². The number of carbonyl (C=O) groups excluding carboxylic acids is 3. The molecule has 2 fully saturated rings. The number of carbonyl (C=O) groups is 3. The summed E-state index contributed by atoms with van der Waals surface area (Å²) in [6, 6.07) is 6.97. The van der Waals surface area contributed by atoms with Crippen molar-refractivity contribution in [3.8, 4) is 5.75 Å². The van der Waals surface area contributed by atoms with E-state index in [-0.39, 0.29) is 24.3 Å². The van der Waals surface area contributed by atoms with E-state index < -0.39 is 11.6 Å². The molecule has 1 aliphatic carbocycles. The standard InChI is InChI=1S/C20H27N3O4/c1-14-6-4-5-11-20(14)18(25)23(19(26)21-20)13-17(24)22(2)12-15-7-9-16(27-3)10-8-15/h7-10,14H,4-6,11-13H2,1-3H3,(H,21,26). The minimum absolute atomic E-state index is 0.0832. The summed E-state index contributed by atoms with van der Waals surface area (Å²) in [6.45, 7) is 2.16. The van der Waals surface area contributed by atoms with Gasteiger partial charge in [-0.3, -0.25) is 14.5 Å². The Morgan fingerprint density at radius 2 is 2.00 bits per heavy atom. The van der Waals surface area contributed by atoms with Gasteiger partial charge in [0.05, 0.1) is 7.11 Å². The highest BCUT2D eigenvalue weighted by molar-refractivity contribution is 6.09. The lowest BCUT2D eigenvalue weighted by Crippen LogP contribution is -2.54. The quantitative estimate of drug-likeness (QED) is 0.802. The van der Waals surface area contributed by atoms with Crippen molar-refractivity contribution >= 4 is 17.8 Å². The second kappa shape index (κ2) is 7.58. The molecule has 1 heterocycles. The van der Waals surface area contributed by atoms with Crippen LogP contribution in [0.5, 0.6) is 5.75 Å². The number of benzene rings is 1. The first-order chi connectivity index (χ1) is 12.9. The maximum absolute atomic E-state index is 12.9. The summed E-state index contributed by atoms with van der Waals surface area (Å²) in [7, 11) is 3.27. The van der Waals surface area contributed by atoms with Crippen molar-refractivity contribution in [1.82, 2.24) is 15.1 Å². The van der Waals surface area contributed by atoms with E-state index in [0.717, 1.165) is 35.5 Å². The number of methoxy groups -OCH3 is 1. The number of imide groups is 1.